The van der Waals surface area contributed by atoms with Gasteiger partial charge in [-0.25, -0.2) is 0 Å². The summed E-state index contributed by atoms with van der Waals surface area (Å²) in [6.45, 7) is 0.289. The molecule has 0 aliphatic heterocycles. The first kappa shape index (κ1) is 15.3. The first-order valence-corrected chi connectivity index (χ1v) is 5.58. The van der Waals surface area contributed by atoms with Gasteiger partial charge in [-0.05, 0) is 24.6 Å². The van der Waals surface area contributed by atoms with E-state index in [9.17, 15) is 18.0 Å². The Morgan fingerprint density at radius 1 is 1.42 bits per heavy atom. The first-order chi connectivity index (χ1) is 8.79. The zero-order chi connectivity index (χ0) is 14.5. The van der Waals surface area contributed by atoms with Gasteiger partial charge in [0.1, 0.15) is 6.61 Å². The van der Waals surface area contributed by atoms with Crippen LogP contribution in [0, 0.1) is 6.92 Å². The maximum absolute atomic E-state index is 11.8. The highest BCUT2D eigenvalue weighted by molar-refractivity contribution is 5.99. The van der Waals surface area contributed by atoms with Gasteiger partial charge in [-0.3, -0.25) is 4.79 Å². The summed E-state index contributed by atoms with van der Waals surface area (Å²) < 4.78 is 39.7. The number of aryl methyl sites for hydroxylation is 1. The number of hydrogen-bond donors (Lipinski definition) is 2. The van der Waals surface area contributed by atoms with E-state index in [1.807, 2.05) is 6.92 Å². The predicted molar refractivity (Wildman–Crippen MR) is 64.8 cm³/mol. The van der Waals surface area contributed by atoms with Crippen LogP contribution < -0.4 is 11.1 Å². The minimum Gasteiger partial charge on any atom is -0.398 e. The lowest BCUT2D eigenvalue weighted by atomic mass is 10.1. The molecule has 0 fully saturated rings. The van der Waals surface area contributed by atoms with Gasteiger partial charge in [0, 0.05) is 12.2 Å². The van der Waals surface area contributed by atoms with Crippen LogP contribution in [0.5, 0.6) is 0 Å². The molecule has 3 N–H and O–H groups in total. The van der Waals surface area contributed by atoms with Crippen molar-refractivity contribution >= 4 is 11.6 Å². The van der Waals surface area contributed by atoms with Gasteiger partial charge >= 0.3 is 6.18 Å². The van der Waals surface area contributed by atoms with Gasteiger partial charge in [0.2, 0.25) is 0 Å². The lowest BCUT2D eigenvalue weighted by Crippen LogP contribution is -2.29. The molecule has 1 aromatic carbocycles. The topological polar surface area (TPSA) is 64.3 Å². The van der Waals surface area contributed by atoms with Gasteiger partial charge in [0.05, 0.1) is 12.2 Å². The lowest BCUT2D eigenvalue weighted by molar-refractivity contribution is -0.173. The minimum absolute atomic E-state index is 0.0117. The SMILES string of the molecule is Cc1ccc(C(=O)NCCOCC(F)(F)F)c(N)c1. The van der Waals surface area contributed by atoms with Gasteiger partial charge < -0.3 is 15.8 Å². The number of rotatable bonds is 5. The predicted octanol–water partition coefficient (Wildman–Crippen LogP) is 1.89. The summed E-state index contributed by atoms with van der Waals surface area (Å²) in [7, 11) is 0. The largest absolute Gasteiger partial charge is 0.411 e. The Morgan fingerprint density at radius 3 is 2.68 bits per heavy atom. The minimum atomic E-state index is -4.36. The molecule has 1 rings (SSSR count). The van der Waals surface area contributed by atoms with Gasteiger partial charge in [0.15, 0.2) is 0 Å². The molecule has 0 bridgehead atoms. The van der Waals surface area contributed by atoms with Crippen LogP contribution in [-0.4, -0.2) is 31.8 Å². The van der Waals surface area contributed by atoms with Crippen LogP contribution in [0.4, 0.5) is 18.9 Å². The van der Waals surface area contributed by atoms with Gasteiger partial charge in [-0.15, -0.1) is 0 Å². The zero-order valence-corrected chi connectivity index (χ0v) is 10.4. The Bertz CT molecular complexity index is 447. The van der Waals surface area contributed by atoms with E-state index in [1.165, 1.54) is 0 Å². The highest BCUT2D eigenvalue weighted by atomic mass is 19.4. The zero-order valence-electron chi connectivity index (χ0n) is 10.4. The van der Waals surface area contributed by atoms with Crippen LogP contribution in [0.15, 0.2) is 18.2 Å². The molecule has 0 spiro atoms. The van der Waals surface area contributed by atoms with E-state index in [0.717, 1.165) is 5.56 Å². The van der Waals surface area contributed by atoms with Crippen molar-refractivity contribution in [2.45, 2.75) is 13.1 Å². The quantitative estimate of drug-likeness (QED) is 0.637. The van der Waals surface area contributed by atoms with Crippen LogP contribution in [0.1, 0.15) is 15.9 Å². The number of carbonyl (C=O) groups excluding carboxylic acids is 1. The second-order valence-electron chi connectivity index (χ2n) is 4.01. The number of nitrogen functional groups attached to an aromatic ring is 1. The monoisotopic (exact) mass is 276 g/mol. The summed E-state index contributed by atoms with van der Waals surface area (Å²) >= 11 is 0. The van der Waals surface area contributed by atoms with Crippen molar-refractivity contribution in [3.63, 3.8) is 0 Å². The second kappa shape index (κ2) is 6.42. The average molecular weight is 276 g/mol. The molecule has 4 nitrogen and oxygen atoms in total. The highest BCUT2D eigenvalue weighted by Gasteiger charge is 2.27. The number of alkyl halides is 3. The average Bonchev–Trinajstić information content (AvgIpc) is 2.26. The van der Waals surface area contributed by atoms with E-state index in [2.05, 4.69) is 10.1 Å². The summed E-state index contributed by atoms with van der Waals surface area (Å²) in [5.41, 5.74) is 7.21. The van der Waals surface area contributed by atoms with E-state index >= 15 is 0 Å². The summed E-state index contributed by atoms with van der Waals surface area (Å²) in [5.74, 6) is -0.437. The molecule has 0 aliphatic carbocycles. The molecular formula is C12H15F3N2O2. The molecule has 0 heterocycles. The number of halogens is 3. The van der Waals surface area contributed by atoms with E-state index in [1.54, 1.807) is 18.2 Å². The Balaban J connectivity index is 2.36. The van der Waals surface area contributed by atoms with Crippen molar-refractivity contribution in [3.8, 4) is 0 Å². The summed E-state index contributed by atoms with van der Waals surface area (Å²) in [6.07, 6.45) is -4.36. The number of anilines is 1. The number of hydrogen-bond acceptors (Lipinski definition) is 3. The van der Waals surface area contributed by atoms with Crippen molar-refractivity contribution in [1.82, 2.24) is 5.32 Å². The summed E-state index contributed by atoms with van der Waals surface area (Å²) in [6, 6.07) is 4.94. The highest BCUT2D eigenvalue weighted by Crippen LogP contribution is 2.14. The van der Waals surface area contributed by atoms with E-state index in [0.29, 0.717) is 11.3 Å². The fourth-order valence-corrected chi connectivity index (χ4v) is 1.41. The molecule has 1 aromatic rings. The van der Waals surface area contributed by atoms with Crippen LogP contribution in [-0.2, 0) is 4.74 Å². The number of amides is 1. The van der Waals surface area contributed by atoms with E-state index in [4.69, 9.17) is 5.73 Å². The maximum Gasteiger partial charge on any atom is 0.411 e. The molecule has 0 radical (unpaired) electrons. The van der Waals surface area contributed by atoms with Crippen molar-refractivity contribution in [1.29, 1.82) is 0 Å². The van der Waals surface area contributed by atoms with Gasteiger partial charge in [-0.2, -0.15) is 13.2 Å². The van der Waals surface area contributed by atoms with Crippen LogP contribution in [0.3, 0.4) is 0 Å². The molecule has 106 valence electrons. The third kappa shape index (κ3) is 5.60. The molecule has 0 saturated carbocycles. The smallest absolute Gasteiger partial charge is 0.398 e. The molecule has 0 saturated heterocycles. The Labute approximate surface area is 108 Å². The van der Waals surface area contributed by atoms with Crippen molar-refractivity contribution in [2.24, 2.45) is 0 Å². The van der Waals surface area contributed by atoms with Gasteiger partial charge in [-0.1, -0.05) is 6.07 Å². The van der Waals surface area contributed by atoms with Crippen molar-refractivity contribution in [2.75, 3.05) is 25.5 Å². The summed E-state index contributed by atoms with van der Waals surface area (Å²) in [4.78, 5) is 11.7. The lowest BCUT2D eigenvalue weighted by Gasteiger charge is -2.10. The van der Waals surface area contributed by atoms with Gasteiger partial charge in [0.25, 0.3) is 5.91 Å². The fraction of sp³-hybridized carbons (Fsp3) is 0.417. The molecule has 0 aromatic heterocycles. The van der Waals surface area contributed by atoms with E-state index in [-0.39, 0.29) is 13.2 Å². The third-order valence-electron chi connectivity index (χ3n) is 2.25. The van der Waals surface area contributed by atoms with Crippen molar-refractivity contribution < 1.29 is 22.7 Å². The number of benzene rings is 1. The molecule has 0 atom stereocenters. The molecule has 1 amide bonds. The third-order valence-corrected chi connectivity index (χ3v) is 2.25. The second-order valence-corrected chi connectivity index (χ2v) is 4.01. The number of nitrogens with two attached hydrogens (primary N) is 1. The molecule has 19 heavy (non-hydrogen) atoms. The van der Waals surface area contributed by atoms with Crippen LogP contribution in [0.2, 0.25) is 0 Å². The Hall–Kier alpha value is -1.76. The number of carbonyl (C=O) groups is 1. The first-order valence-electron chi connectivity index (χ1n) is 5.58. The normalized spacial score (nSPS) is 11.4. The molecule has 0 aliphatic rings. The number of ether oxygens (including phenoxy) is 1. The molecule has 7 heteroatoms. The summed E-state index contributed by atoms with van der Waals surface area (Å²) in [5, 5.41) is 2.43. The molecule has 0 unspecified atom stereocenters. The Kier molecular flexibility index (Phi) is 5.17. The fourth-order valence-electron chi connectivity index (χ4n) is 1.41. The standard InChI is InChI=1S/C12H15F3N2O2/c1-8-2-3-9(10(16)6-8)11(18)17-4-5-19-7-12(13,14)15/h2-3,6H,4-5,7,16H2,1H3,(H,17,18). The number of nitrogens with one attached hydrogen (secondary N) is 1. The van der Waals surface area contributed by atoms with Crippen molar-refractivity contribution in [3.05, 3.63) is 29.3 Å². The van der Waals surface area contributed by atoms with Crippen LogP contribution >= 0.6 is 0 Å². The maximum atomic E-state index is 11.8. The Morgan fingerprint density at radius 2 is 2.11 bits per heavy atom. The molecular weight excluding hydrogens is 261 g/mol. The van der Waals surface area contributed by atoms with Crippen LogP contribution in [0.25, 0.3) is 0 Å². The van der Waals surface area contributed by atoms with E-state index < -0.39 is 18.7 Å².